The van der Waals surface area contributed by atoms with E-state index in [2.05, 4.69) is 81.5 Å². The first-order valence-electron chi connectivity index (χ1n) is 27.3. The normalized spacial score (nSPS) is 12.5. The molecular formula is C58H102O6. The van der Waals surface area contributed by atoms with Crippen LogP contribution in [0.4, 0.5) is 0 Å². The molecule has 0 spiro atoms. The molecule has 0 radical (unpaired) electrons. The number of ether oxygens (including phenoxy) is 3. The van der Waals surface area contributed by atoms with Crippen molar-refractivity contribution in [3.05, 3.63) is 60.8 Å². The monoisotopic (exact) mass is 895 g/mol. The van der Waals surface area contributed by atoms with Crippen molar-refractivity contribution < 1.29 is 28.6 Å². The van der Waals surface area contributed by atoms with Crippen LogP contribution in [0.15, 0.2) is 60.8 Å². The maximum Gasteiger partial charge on any atom is 0.306 e. The van der Waals surface area contributed by atoms with Gasteiger partial charge < -0.3 is 14.2 Å². The van der Waals surface area contributed by atoms with E-state index in [1.165, 1.54) is 135 Å². The molecule has 0 rings (SSSR count). The van der Waals surface area contributed by atoms with Crippen molar-refractivity contribution in [2.24, 2.45) is 0 Å². The fraction of sp³-hybridized carbons (Fsp3) is 0.776. The molecule has 0 saturated heterocycles. The molecular weight excluding hydrogens is 793 g/mol. The van der Waals surface area contributed by atoms with E-state index in [1.807, 2.05) is 0 Å². The lowest BCUT2D eigenvalue weighted by Gasteiger charge is -2.18. The van der Waals surface area contributed by atoms with Crippen LogP contribution in [0, 0.1) is 0 Å². The average molecular weight is 895 g/mol. The van der Waals surface area contributed by atoms with Crippen molar-refractivity contribution >= 4 is 17.9 Å². The molecule has 6 heteroatoms. The molecule has 0 saturated carbocycles. The standard InChI is InChI=1S/C58H102O6/c1-4-7-10-13-16-19-22-25-27-29-31-33-36-39-42-45-48-51-57(60)63-54-55(53-62-56(59)50-47-44-41-38-35-24-21-18-15-12-9-6-3)64-58(61)52-49-46-43-40-37-34-32-30-28-26-23-20-17-14-11-8-5-2/h8,11,17,20,25-28,32,34,55H,4-7,9-10,12-16,18-19,21-24,29-31,33,35-54H2,1-3H3/b11-8-,20-17-,27-25-,28-26-,34-32-/t55-/m0/s1. The average Bonchev–Trinajstić information content (AvgIpc) is 3.29. The van der Waals surface area contributed by atoms with Gasteiger partial charge in [0.2, 0.25) is 0 Å². The third kappa shape index (κ3) is 50.1. The van der Waals surface area contributed by atoms with Gasteiger partial charge in [-0.3, -0.25) is 14.4 Å². The Morgan fingerprint density at radius 1 is 0.328 bits per heavy atom. The lowest BCUT2D eigenvalue weighted by molar-refractivity contribution is -0.167. The highest BCUT2D eigenvalue weighted by Gasteiger charge is 2.19. The SMILES string of the molecule is CC/C=C\C/C=C\C/C=C\C/C=C\CCCCCCC(=O)O[C@H](COC(=O)CCCCCCCCC/C=C\CCCCCCCC)COC(=O)CCCCCCCCCCCCCC. The van der Waals surface area contributed by atoms with Crippen LogP contribution in [0.2, 0.25) is 0 Å². The Balaban J connectivity index is 4.40. The van der Waals surface area contributed by atoms with Gasteiger partial charge in [-0.1, -0.05) is 229 Å². The van der Waals surface area contributed by atoms with Crippen LogP contribution in [0.1, 0.15) is 271 Å². The van der Waals surface area contributed by atoms with Gasteiger partial charge in [-0.25, -0.2) is 0 Å². The molecule has 1 atom stereocenters. The van der Waals surface area contributed by atoms with Crippen LogP contribution in [0.25, 0.3) is 0 Å². The highest BCUT2D eigenvalue weighted by atomic mass is 16.6. The molecule has 64 heavy (non-hydrogen) atoms. The van der Waals surface area contributed by atoms with Gasteiger partial charge in [-0.2, -0.15) is 0 Å². The number of esters is 3. The minimum absolute atomic E-state index is 0.0834. The van der Waals surface area contributed by atoms with Gasteiger partial charge >= 0.3 is 17.9 Å². The summed E-state index contributed by atoms with van der Waals surface area (Å²) >= 11 is 0. The Morgan fingerprint density at radius 3 is 0.969 bits per heavy atom. The van der Waals surface area contributed by atoms with E-state index < -0.39 is 6.10 Å². The first-order valence-corrected chi connectivity index (χ1v) is 27.3. The second-order valence-electron chi connectivity index (χ2n) is 18.1. The molecule has 0 bridgehead atoms. The number of hydrogen-bond acceptors (Lipinski definition) is 6. The molecule has 0 unspecified atom stereocenters. The molecule has 0 heterocycles. The van der Waals surface area contributed by atoms with Crippen LogP contribution in [0.3, 0.4) is 0 Å². The van der Waals surface area contributed by atoms with Crippen LogP contribution in [0.5, 0.6) is 0 Å². The number of unbranched alkanes of at least 4 members (excludes halogenated alkanes) is 28. The summed E-state index contributed by atoms with van der Waals surface area (Å²) in [6, 6.07) is 0. The molecule has 370 valence electrons. The quantitative estimate of drug-likeness (QED) is 0.0262. The first-order chi connectivity index (χ1) is 31.5. The van der Waals surface area contributed by atoms with E-state index in [4.69, 9.17) is 14.2 Å². The topological polar surface area (TPSA) is 78.9 Å². The summed E-state index contributed by atoms with van der Waals surface area (Å²) in [5, 5.41) is 0. The summed E-state index contributed by atoms with van der Waals surface area (Å²) in [5.41, 5.74) is 0. The van der Waals surface area contributed by atoms with Crippen molar-refractivity contribution in [3.8, 4) is 0 Å². The lowest BCUT2D eigenvalue weighted by atomic mass is 10.0. The van der Waals surface area contributed by atoms with Gasteiger partial charge in [0.15, 0.2) is 6.10 Å². The van der Waals surface area contributed by atoms with Crippen molar-refractivity contribution in [2.75, 3.05) is 13.2 Å². The lowest BCUT2D eigenvalue weighted by Crippen LogP contribution is -2.30. The van der Waals surface area contributed by atoms with Crippen LogP contribution < -0.4 is 0 Å². The molecule has 0 aliphatic heterocycles. The summed E-state index contributed by atoms with van der Waals surface area (Å²) < 4.78 is 16.8. The van der Waals surface area contributed by atoms with Gasteiger partial charge in [0.1, 0.15) is 13.2 Å². The molecule has 0 aromatic rings. The van der Waals surface area contributed by atoms with E-state index in [1.54, 1.807) is 0 Å². The fourth-order valence-electron chi connectivity index (χ4n) is 7.66. The second-order valence-corrected chi connectivity index (χ2v) is 18.1. The van der Waals surface area contributed by atoms with Crippen molar-refractivity contribution in [3.63, 3.8) is 0 Å². The second kappa shape index (κ2) is 52.7. The van der Waals surface area contributed by atoms with Gasteiger partial charge in [-0.15, -0.1) is 0 Å². The van der Waals surface area contributed by atoms with E-state index in [-0.39, 0.29) is 31.1 Å². The van der Waals surface area contributed by atoms with Crippen LogP contribution in [-0.4, -0.2) is 37.2 Å². The van der Waals surface area contributed by atoms with Crippen molar-refractivity contribution in [1.82, 2.24) is 0 Å². The van der Waals surface area contributed by atoms with E-state index in [9.17, 15) is 14.4 Å². The predicted molar refractivity (Wildman–Crippen MR) is 275 cm³/mol. The summed E-state index contributed by atoms with van der Waals surface area (Å²) in [6.07, 6.45) is 64.9. The summed E-state index contributed by atoms with van der Waals surface area (Å²) in [4.78, 5) is 38.0. The molecule has 0 aromatic heterocycles. The molecule has 0 aromatic carbocycles. The first kappa shape index (κ1) is 61.1. The Hall–Kier alpha value is -2.89. The number of hydrogen-bond donors (Lipinski definition) is 0. The minimum Gasteiger partial charge on any atom is -0.462 e. The Bertz CT molecular complexity index is 1170. The van der Waals surface area contributed by atoms with Crippen LogP contribution >= 0.6 is 0 Å². The molecule has 0 aliphatic carbocycles. The molecule has 6 nitrogen and oxygen atoms in total. The fourth-order valence-corrected chi connectivity index (χ4v) is 7.66. The van der Waals surface area contributed by atoms with Gasteiger partial charge in [0, 0.05) is 19.3 Å². The van der Waals surface area contributed by atoms with Gasteiger partial charge in [-0.05, 0) is 83.5 Å². The third-order valence-electron chi connectivity index (χ3n) is 11.8. The maximum absolute atomic E-state index is 12.8. The Morgan fingerprint density at radius 2 is 0.609 bits per heavy atom. The molecule has 0 amide bonds. The number of allylic oxidation sites excluding steroid dienone is 10. The molecule has 0 N–H and O–H groups in total. The Kier molecular flexibility index (Phi) is 50.4. The van der Waals surface area contributed by atoms with E-state index in [0.717, 1.165) is 96.3 Å². The van der Waals surface area contributed by atoms with E-state index in [0.29, 0.717) is 19.3 Å². The van der Waals surface area contributed by atoms with Crippen LogP contribution in [-0.2, 0) is 28.6 Å². The summed E-state index contributed by atoms with van der Waals surface area (Å²) in [5.74, 6) is -0.904. The largest absolute Gasteiger partial charge is 0.462 e. The zero-order valence-electron chi connectivity index (χ0n) is 42.3. The highest BCUT2D eigenvalue weighted by Crippen LogP contribution is 2.15. The van der Waals surface area contributed by atoms with Crippen molar-refractivity contribution in [1.29, 1.82) is 0 Å². The zero-order chi connectivity index (χ0) is 46.5. The zero-order valence-corrected chi connectivity index (χ0v) is 42.3. The van der Waals surface area contributed by atoms with E-state index >= 15 is 0 Å². The molecule has 0 aliphatic rings. The number of rotatable bonds is 49. The maximum atomic E-state index is 12.8. The van der Waals surface area contributed by atoms with Gasteiger partial charge in [0.05, 0.1) is 0 Å². The summed E-state index contributed by atoms with van der Waals surface area (Å²) in [7, 11) is 0. The number of carbonyl (C=O) groups is 3. The predicted octanol–water partition coefficient (Wildman–Crippen LogP) is 18.0. The highest BCUT2D eigenvalue weighted by molar-refractivity contribution is 5.71. The van der Waals surface area contributed by atoms with Gasteiger partial charge in [0.25, 0.3) is 0 Å². The summed E-state index contributed by atoms with van der Waals surface area (Å²) in [6.45, 7) is 6.51. The Labute approximate surface area is 396 Å². The van der Waals surface area contributed by atoms with Crippen molar-refractivity contribution in [2.45, 2.75) is 277 Å². The molecule has 0 fully saturated rings. The number of carbonyl (C=O) groups excluding carboxylic acids is 3. The third-order valence-corrected chi connectivity index (χ3v) is 11.8. The minimum atomic E-state index is -0.786. The smallest absolute Gasteiger partial charge is 0.306 e.